The van der Waals surface area contributed by atoms with Crippen molar-refractivity contribution in [2.75, 3.05) is 13.1 Å². The average Bonchev–Trinajstić information content (AvgIpc) is 2.64. The summed E-state index contributed by atoms with van der Waals surface area (Å²) in [4.78, 5) is 7.49. The summed E-state index contributed by atoms with van der Waals surface area (Å²) in [5.41, 5.74) is 2.47. The molecule has 1 aliphatic heterocycles. The van der Waals surface area contributed by atoms with Crippen LogP contribution >= 0.6 is 0 Å². The van der Waals surface area contributed by atoms with Crippen LogP contribution in [0.3, 0.4) is 0 Å². The highest BCUT2D eigenvalue weighted by Crippen LogP contribution is 2.11. The predicted molar refractivity (Wildman–Crippen MR) is 60.6 cm³/mol. The van der Waals surface area contributed by atoms with Crippen molar-refractivity contribution in [2.45, 2.75) is 32.9 Å². The lowest BCUT2D eigenvalue weighted by atomic mass is 10.1. The van der Waals surface area contributed by atoms with Crippen LogP contribution in [0.5, 0.6) is 0 Å². The molecule has 0 amide bonds. The summed E-state index contributed by atoms with van der Waals surface area (Å²) in [6.45, 7) is 7.50. The van der Waals surface area contributed by atoms with E-state index in [1.807, 2.05) is 0 Å². The summed E-state index contributed by atoms with van der Waals surface area (Å²) >= 11 is 0. The quantitative estimate of drug-likeness (QED) is 0.681. The second-order valence-electron chi connectivity index (χ2n) is 4.66. The maximum absolute atomic E-state index is 4.33. The first kappa shape index (κ1) is 10.6. The van der Waals surface area contributed by atoms with E-state index in [4.69, 9.17) is 0 Å². The third kappa shape index (κ3) is 2.79. The molecule has 2 heterocycles. The number of nitrogens with one attached hydrogen (secondary N) is 3. The maximum Gasteiger partial charge on any atom is 0.0925 e. The van der Waals surface area contributed by atoms with Crippen LogP contribution in [0.1, 0.15) is 25.2 Å². The molecule has 0 aromatic carbocycles. The fourth-order valence-electron chi connectivity index (χ4n) is 1.92. The Bertz CT molecular complexity index is 305. The molecule has 0 aliphatic carbocycles. The normalized spacial score (nSPS) is 20.6. The van der Waals surface area contributed by atoms with Gasteiger partial charge < -0.3 is 15.6 Å². The molecule has 0 spiro atoms. The lowest BCUT2D eigenvalue weighted by molar-refractivity contribution is 0.426. The van der Waals surface area contributed by atoms with Crippen LogP contribution < -0.4 is 10.6 Å². The molecule has 1 aromatic rings. The Hall–Kier alpha value is -0.870. The molecule has 15 heavy (non-hydrogen) atoms. The molecule has 0 saturated heterocycles. The molecular weight excluding hydrogens is 188 g/mol. The van der Waals surface area contributed by atoms with Gasteiger partial charge in [-0.05, 0) is 12.5 Å². The first-order valence-electron chi connectivity index (χ1n) is 5.71. The highest BCUT2D eigenvalue weighted by atomic mass is 15.0. The van der Waals surface area contributed by atoms with Gasteiger partial charge in [0.2, 0.25) is 0 Å². The summed E-state index contributed by atoms with van der Waals surface area (Å²) in [5.74, 6) is 0.717. The van der Waals surface area contributed by atoms with Gasteiger partial charge in [0.05, 0.1) is 17.7 Å². The fourth-order valence-corrected chi connectivity index (χ4v) is 1.92. The summed E-state index contributed by atoms with van der Waals surface area (Å²) in [6.07, 6.45) is 2.82. The zero-order chi connectivity index (χ0) is 10.7. The van der Waals surface area contributed by atoms with Crippen LogP contribution in [0.4, 0.5) is 0 Å². The molecule has 3 N–H and O–H groups in total. The van der Waals surface area contributed by atoms with Crippen molar-refractivity contribution in [3.63, 3.8) is 0 Å². The number of nitrogens with zero attached hydrogens (tertiary/aromatic N) is 1. The molecule has 84 valence electrons. The fraction of sp³-hybridized carbons (Fsp3) is 0.727. The van der Waals surface area contributed by atoms with Crippen molar-refractivity contribution in [1.82, 2.24) is 20.6 Å². The van der Waals surface area contributed by atoms with E-state index < -0.39 is 0 Å². The Balaban J connectivity index is 1.78. The smallest absolute Gasteiger partial charge is 0.0925 e. The highest BCUT2D eigenvalue weighted by molar-refractivity contribution is 5.15. The lowest BCUT2D eigenvalue weighted by Crippen LogP contribution is -2.43. The summed E-state index contributed by atoms with van der Waals surface area (Å²) in [7, 11) is 0. The Kier molecular flexibility index (Phi) is 3.38. The summed E-state index contributed by atoms with van der Waals surface area (Å²) < 4.78 is 0. The predicted octanol–water partition coefficient (Wildman–Crippen LogP) is 0.670. The Morgan fingerprint density at radius 2 is 2.47 bits per heavy atom. The first-order valence-corrected chi connectivity index (χ1v) is 5.71. The van der Waals surface area contributed by atoms with Gasteiger partial charge in [-0.25, -0.2) is 4.98 Å². The number of H-pyrrole nitrogens is 1. The second kappa shape index (κ2) is 4.77. The number of imidazole rings is 1. The van der Waals surface area contributed by atoms with Gasteiger partial charge in [0.1, 0.15) is 0 Å². The zero-order valence-corrected chi connectivity index (χ0v) is 9.51. The summed E-state index contributed by atoms with van der Waals surface area (Å²) in [6, 6.07) is 0.527. The van der Waals surface area contributed by atoms with Crippen molar-refractivity contribution in [3.05, 3.63) is 17.7 Å². The first-order chi connectivity index (χ1) is 7.25. The van der Waals surface area contributed by atoms with E-state index >= 15 is 0 Å². The van der Waals surface area contributed by atoms with Crippen molar-refractivity contribution in [3.8, 4) is 0 Å². The van der Waals surface area contributed by atoms with Crippen LogP contribution in [0.2, 0.25) is 0 Å². The third-order valence-corrected chi connectivity index (χ3v) is 2.76. The Morgan fingerprint density at radius 1 is 1.60 bits per heavy atom. The number of aromatic amines is 1. The largest absolute Gasteiger partial charge is 0.347 e. The Labute approximate surface area is 90.9 Å². The topological polar surface area (TPSA) is 52.7 Å². The van der Waals surface area contributed by atoms with E-state index in [1.54, 1.807) is 6.33 Å². The van der Waals surface area contributed by atoms with Crippen molar-refractivity contribution >= 4 is 0 Å². The maximum atomic E-state index is 4.33. The molecule has 1 atom stereocenters. The Morgan fingerprint density at radius 3 is 3.27 bits per heavy atom. The molecule has 1 aliphatic rings. The SMILES string of the molecule is CC(C)CNCC1Cc2nc[nH]c2CN1. The number of rotatable bonds is 4. The van der Waals surface area contributed by atoms with Gasteiger partial charge in [0.25, 0.3) is 0 Å². The zero-order valence-electron chi connectivity index (χ0n) is 9.51. The van der Waals surface area contributed by atoms with E-state index in [0.29, 0.717) is 6.04 Å². The molecule has 4 heteroatoms. The van der Waals surface area contributed by atoms with E-state index in [1.165, 1.54) is 11.4 Å². The minimum atomic E-state index is 0.527. The van der Waals surface area contributed by atoms with Gasteiger partial charge >= 0.3 is 0 Å². The van der Waals surface area contributed by atoms with Crippen molar-refractivity contribution in [2.24, 2.45) is 5.92 Å². The average molecular weight is 208 g/mol. The molecule has 1 unspecified atom stereocenters. The number of fused-ring (bicyclic) bond motifs is 1. The van der Waals surface area contributed by atoms with Gasteiger partial charge in [-0.15, -0.1) is 0 Å². The van der Waals surface area contributed by atoms with Gasteiger partial charge in [0, 0.05) is 25.6 Å². The van der Waals surface area contributed by atoms with Gasteiger partial charge in [0.15, 0.2) is 0 Å². The highest BCUT2D eigenvalue weighted by Gasteiger charge is 2.19. The van der Waals surface area contributed by atoms with Gasteiger partial charge in [-0.2, -0.15) is 0 Å². The van der Waals surface area contributed by atoms with Gasteiger partial charge in [-0.3, -0.25) is 0 Å². The minimum absolute atomic E-state index is 0.527. The number of hydrogen-bond donors (Lipinski definition) is 3. The van der Waals surface area contributed by atoms with E-state index in [2.05, 4.69) is 34.4 Å². The van der Waals surface area contributed by atoms with E-state index in [9.17, 15) is 0 Å². The summed E-state index contributed by atoms with van der Waals surface area (Å²) in [5, 5.41) is 6.98. The molecular formula is C11H20N4. The van der Waals surface area contributed by atoms with Crippen LogP contribution in [-0.4, -0.2) is 29.1 Å². The molecule has 4 nitrogen and oxygen atoms in total. The minimum Gasteiger partial charge on any atom is -0.347 e. The molecule has 0 fully saturated rings. The second-order valence-corrected chi connectivity index (χ2v) is 4.66. The number of hydrogen-bond acceptors (Lipinski definition) is 3. The lowest BCUT2D eigenvalue weighted by Gasteiger charge is -2.23. The van der Waals surface area contributed by atoms with Crippen LogP contribution in [-0.2, 0) is 13.0 Å². The van der Waals surface area contributed by atoms with Crippen LogP contribution in [0.25, 0.3) is 0 Å². The van der Waals surface area contributed by atoms with Crippen LogP contribution in [0, 0.1) is 5.92 Å². The van der Waals surface area contributed by atoms with Gasteiger partial charge in [-0.1, -0.05) is 13.8 Å². The standard InChI is InChI=1S/C11H20N4/c1-8(2)4-12-5-9-3-10-11(6-13-9)15-7-14-10/h7-9,12-13H,3-6H2,1-2H3,(H,14,15). The van der Waals surface area contributed by atoms with E-state index in [-0.39, 0.29) is 0 Å². The molecule has 0 radical (unpaired) electrons. The third-order valence-electron chi connectivity index (χ3n) is 2.76. The monoisotopic (exact) mass is 208 g/mol. The molecule has 0 bridgehead atoms. The van der Waals surface area contributed by atoms with Crippen LogP contribution in [0.15, 0.2) is 6.33 Å². The molecule has 0 saturated carbocycles. The van der Waals surface area contributed by atoms with E-state index in [0.717, 1.165) is 32.0 Å². The van der Waals surface area contributed by atoms with Crippen molar-refractivity contribution < 1.29 is 0 Å². The van der Waals surface area contributed by atoms with Crippen molar-refractivity contribution in [1.29, 1.82) is 0 Å². The number of aromatic nitrogens is 2. The molecule has 1 aromatic heterocycles. The molecule has 2 rings (SSSR count).